The number of nitrogens with zero attached hydrogens (tertiary/aromatic N) is 1. The molecule has 0 saturated heterocycles. The van der Waals surface area contributed by atoms with Gasteiger partial charge in [0.1, 0.15) is 17.3 Å². The largest absolute Gasteiger partial charge is 0.496 e. The monoisotopic (exact) mass is 222 g/mol. The summed E-state index contributed by atoms with van der Waals surface area (Å²) < 4.78 is 23.2. The molecule has 0 aliphatic rings. The van der Waals surface area contributed by atoms with Crippen molar-refractivity contribution in [2.45, 2.75) is 6.92 Å². The maximum absolute atomic E-state index is 13.3. The van der Waals surface area contributed by atoms with Crippen molar-refractivity contribution in [3.63, 3.8) is 0 Å². The highest BCUT2D eigenvalue weighted by molar-refractivity contribution is 5.69. The number of nitrogen functional groups attached to an aromatic ring is 1. The minimum Gasteiger partial charge on any atom is -0.496 e. The molecule has 0 bridgehead atoms. The molecule has 1 heterocycles. The van der Waals surface area contributed by atoms with Gasteiger partial charge in [-0.1, -0.05) is 5.16 Å². The minimum atomic E-state index is -0.322. The van der Waals surface area contributed by atoms with E-state index in [0.29, 0.717) is 22.6 Å². The van der Waals surface area contributed by atoms with Crippen molar-refractivity contribution in [2.75, 3.05) is 12.8 Å². The zero-order chi connectivity index (χ0) is 11.7. The van der Waals surface area contributed by atoms with Crippen molar-refractivity contribution in [1.29, 1.82) is 0 Å². The van der Waals surface area contributed by atoms with Crippen molar-refractivity contribution < 1.29 is 13.7 Å². The zero-order valence-corrected chi connectivity index (χ0v) is 8.95. The average molecular weight is 222 g/mol. The Morgan fingerprint density at radius 1 is 1.38 bits per heavy atom. The van der Waals surface area contributed by atoms with Crippen LogP contribution in [0, 0.1) is 12.7 Å². The number of benzene rings is 1. The number of methoxy groups -OCH3 is 1. The zero-order valence-electron chi connectivity index (χ0n) is 8.95. The number of rotatable bonds is 2. The first-order valence-corrected chi connectivity index (χ1v) is 4.68. The van der Waals surface area contributed by atoms with E-state index < -0.39 is 0 Å². The van der Waals surface area contributed by atoms with E-state index in [1.807, 2.05) is 0 Å². The molecule has 0 saturated carbocycles. The smallest absolute Gasteiger partial charge is 0.222 e. The molecule has 0 atom stereocenters. The van der Waals surface area contributed by atoms with Gasteiger partial charge in [0.15, 0.2) is 0 Å². The molecule has 84 valence electrons. The second kappa shape index (κ2) is 3.84. The summed E-state index contributed by atoms with van der Waals surface area (Å²) in [4.78, 5) is 0. The predicted octanol–water partition coefficient (Wildman–Crippen LogP) is 2.38. The van der Waals surface area contributed by atoms with Gasteiger partial charge in [0.25, 0.3) is 0 Å². The summed E-state index contributed by atoms with van der Waals surface area (Å²) in [5, 5.41) is 3.76. The summed E-state index contributed by atoms with van der Waals surface area (Å²) in [5.41, 5.74) is 7.12. The first-order chi connectivity index (χ1) is 7.61. The highest BCUT2D eigenvalue weighted by Gasteiger charge is 2.13. The van der Waals surface area contributed by atoms with Crippen molar-refractivity contribution in [2.24, 2.45) is 0 Å². The Hall–Kier alpha value is -2.04. The first-order valence-electron chi connectivity index (χ1n) is 4.68. The fourth-order valence-corrected chi connectivity index (χ4v) is 1.45. The topological polar surface area (TPSA) is 61.3 Å². The maximum atomic E-state index is 13.3. The second-order valence-corrected chi connectivity index (χ2v) is 3.42. The fourth-order valence-electron chi connectivity index (χ4n) is 1.45. The Morgan fingerprint density at radius 2 is 2.12 bits per heavy atom. The number of aromatic nitrogens is 1. The highest BCUT2D eigenvalue weighted by atomic mass is 19.1. The van der Waals surface area contributed by atoms with Crippen molar-refractivity contribution in [3.8, 4) is 17.0 Å². The summed E-state index contributed by atoms with van der Waals surface area (Å²) in [7, 11) is 1.47. The van der Waals surface area contributed by atoms with Crippen LogP contribution in [0.25, 0.3) is 11.3 Å². The molecule has 4 nitrogen and oxygen atoms in total. The molecule has 1 aromatic carbocycles. The Morgan fingerprint density at radius 3 is 2.69 bits per heavy atom. The fraction of sp³-hybridized carbons (Fsp3) is 0.182. The van der Waals surface area contributed by atoms with Crippen LogP contribution in [0.4, 0.5) is 10.3 Å². The molecule has 16 heavy (non-hydrogen) atoms. The number of hydrogen-bond acceptors (Lipinski definition) is 4. The minimum absolute atomic E-state index is 0.207. The number of nitrogens with two attached hydrogens (primary N) is 1. The van der Waals surface area contributed by atoms with E-state index in [1.54, 1.807) is 19.1 Å². The third kappa shape index (κ3) is 1.71. The first kappa shape index (κ1) is 10.5. The molecule has 0 unspecified atom stereocenters. The Bertz CT molecular complexity index is 523. The number of ether oxygens (including phenoxy) is 1. The van der Waals surface area contributed by atoms with Crippen LogP contribution in [0.2, 0.25) is 0 Å². The number of halogens is 1. The standard InChI is InChI=1S/C11H11FN2O2/c1-6-3-7(9-5-11(13)16-14-9)10(15-2)4-8(6)12/h3-5H,13H2,1-2H3. The molecule has 0 radical (unpaired) electrons. The summed E-state index contributed by atoms with van der Waals surface area (Å²) in [5.74, 6) is 0.285. The Balaban J connectivity index is 2.59. The molecule has 0 spiro atoms. The lowest BCUT2D eigenvalue weighted by molar-refractivity contribution is 0.410. The van der Waals surface area contributed by atoms with E-state index in [-0.39, 0.29) is 11.7 Å². The van der Waals surface area contributed by atoms with Gasteiger partial charge in [-0.15, -0.1) is 0 Å². The van der Waals surface area contributed by atoms with Crippen molar-refractivity contribution >= 4 is 5.88 Å². The van der Waals surface area contributed by atoms with E-state index in [1.165, 1.54) is 13.2 Å². The van der Waals surface area contributed by atoms with Crippen LogP contribution in [-0.4, -0.2) is 12.3 Å². The van der Waals surface area contributed by atoms with Crippen LogP contribution in [0.3, 0.4) is 0 Å². The molecular formula is C11H11FN2O2. The van der Waals surface area contributed by atoms with Gasteiger partial charge in [0, 0.05) is 17.7 Å². The molecule has 1 aromatic heterocycles. The van der Waals surface area contributed by atoms with E-state index in [0.717, 1.165) is 0 Å². The number of hydrogen-bond donors (Lipinski definition) is 1. The van der Waals surface area contributed by atoms with E-state index in [2.05, 4.69) is 5.16 Å². The Labute approximate surface area is 91.8 Å². The summed E-state index contributed by atoms with van der Waals surface area (Å²) in [6.07, 6.45) is 0. The lowest BCUT2D eigenvalue weighted by Gasteiger charge is -2.07. The van der Waals surface area contributed by atoms with E-state index >= 15 is 0 Å². The van der Waals surface area contributed by atoms with Gasteiger partial charge in [-0.2, -0.15) is 0 Å². The summed E-state index contributed by atoms with van der Waals surface area (Å²) in [6.45, 7) is 1.67. The van der Waals surface area contributed by atoms with E-state index in [9.17, 15) is 4.39 Å². The van der Waals surface area contributed by atoms with Gasteiger partial charge in [-0.25, -0.2) is 4.39 Å². The van der Waals surface area contributed by atoms with Crippen LogP contribution < -0.4 is 10.5 Å². The van der Waals surface area contributed by atoms with Crippen molar-refractivity contribution in [3.05, 3.63) is 29.6 Å². The third-order valence-corrected chi connectivity index (χ3v) is 2.29. The SMILES string of the molecule is COc1cc(F)c(C)cc1-c1cc(N)on1. The van der Waals surface area contributed by atoms with Gasteiger partial charge in [0.2, 0.25) is 5.88 Å². The van der Waals surface area contributed by atoms with Gasteiger partial charge >= 0.3 is 0 Å². The maximum Gasteiger partial charge on any atom is 0.222 e. The lowest BCUT2D eigenvalue weighted by atomic mass is 10.1. The van der Waals surface area contributed by atoms with Gasteiger partial charge in [-0.05, 0) is 18.6 Å². The van der Waals surface area contributed by atoms with Crippen LogP contribution in [-0.2, 0) is 0 Å². The normalized spacial score (nSPS) is 10.4. The quantitative estimate of drug-likeness (QED) is 0.847. The van der Waals surface area contributed by atoms with E-state index in [4.69, 9.17) is 15.0 Å². The van der Waals surface area contributed by atoms with Gasteiger partial charge in [0.05, 0.1) is 7.11 Å². The second-order valence-electron chi connectivity index (χ2n) is 3.42. The molecule has 2 rings (SSSR count). The molecule has 2 N–H and O–H groups in total. The molecule has 2 aromatic rings. The molecule has 0 aliphatic heterocycles. The van der Waals surface area contributed by atoms with Crippen LogP contribution in [0.5, 0.6) is 5.75 Å². The molecular weight excluding hydrogens is 211 g/mol. The van der Waals surface area contributed by atoms with Gasteiger partial charge in [-0.3, -0.25) is 0 Å². The Kier molecular flexibility index (Phi) is 2.52. The summed E-state index contributed by atoms with van der Waals surface area (Å²) in [6, 6.07) is 4.52. The number of aryl methyl sites for hydroxylation is 1. The van der Waals surface area contributed by atoms with Crippen LogP contribution >= 0.6 is 0 Å². The van der Waals surface area contributed by atoms with Crippen LogP contribution in [0.1, 0.15) is 5.56 Å². The summed E-state index contributed by atoms with van der Waals surface area (Å²) >= 11 is 0. The third-order valence-electron chi connectivity index (χ3n) is 2.29. The lowest BCUT2D eigenvalue weighted by Crippen LogP contribution is -1.92. The van der Waals surface area contributed by atoms with Crippen LogP contribution in [0.15, 0.2) is 22.7 Å². The molecule has 0 fully saturated rings. The van der Waals surface area contributed by atoms with Gasteiger partial charge < -0.3 is 15.0 Å². The average Bonchev–Trinajstić information content (AvgIpc) is 2.68. The number of anilines is 1. The van der Waals surface area contributed by atoms with Crippen molar-refractivity contribution in [1.82, 2.24) is 5.16 Å². The molecule has 0 aliphatic carbocycles. The molecule has 0 amide bonds. The predicted molar refractivity (Wildman–Crippen MR) is 57.6 cm³/mol. The highest BCUT2D eigenvalue weighted by Crippen LogP contribution is 2.32. The molecule has 5 heteroatoms.